The van der Waals surface area contributed by atoms with Gasteiger partial charge in [-0.2, -0.15) is 0 Å². The highest BCUT2D eigenvalue weighted by molar-refractivity contribution is 5.96. The van der Waals surface area contributed by atoms with Gasteiger partial charge < -0.3 is 4.74 Å². The number of rotatable bonds is 7. The Balaban J connectivity index is 1.63. The van der Waals surface area contributed by atoms with Crippen LogP contribution in [0.15, 0.2) is 42.7 Å². The maximum atomic E-state index is 14.7. The van der Waals surface area contributed by atoms with Gasteiger partial charge in [0.25, 0.3) is 0 Å². The van der Waals surface area contributed by atoms with Gasteiger partial charge in [0.15, 0.2) is 5.78 Å². The van der Waals surface area contributed by atoms with Crippen LogP contribution in [-0.4, -0.2) is 22.4 Å². The molecule has 1 saturated carbocycles. The van der Waals surface area contributed by atoms with Gasteiger partial charge >= 0.3 is 0 Å². The van der Waals surface area contributed by atoms with Crippen LogP contribution >= 0.6 is 0 Å². The lowest BCUT2D eigenvalue weighted by molar-refractivity contribution is 0.0987. The van der Waals surface area contributed by atoms with E-state index in [1.807, 2.05) is 6.07 Å². The van der Waals surface area contributed by atoms with Crippen molar-refractivity contribution in [2.75, 3.05) is 6.61 Å². The molecule has 7 heteroatoms. The Morgan fingerprint density at radius 3 is 2.34 bits per heavy atom. The van der Waals surface area contributed by atoms with Crippen LogP contribution in [0.2, 0.25) is 0 Å². The molecular weight excluding hydrogens is 453 g/mol. The maximum Gasteiger partial charge on any atom is 0.185 e. The Morgan fingerprint density at radius 1 is 1.00 bits per heavy atom. The summed E-state index contributed by atoms with van der Waals surface area (Å²) in [7, 11) is 0. The minimum atomic E-state index is -1.01. The Kier molecular flexibility index (Phi) is 7.53. The number of ether oxygens (including phenoxy) is 1. The molecule has 1 aliphatic rings. The number of aromatic nitrogens is 2. The molecular formula is C28H29F3N2O2. The number of Topliss-reactive ketones (excluding diaryl/α,β-unsaturated/α-hetero) is 1. The van der Waals surface area contributed by atoms with Gasteiger partial charge in [-0.05, 0) is 73.3 Å². The van der Waals surface area contributed by atoms with Crippen molar-refractivity contribution in [3.05, 3.63) is 77.0 Å². The zero-order chi connectivity index (χ0) is 25.1. The van der Waals surface area contributed by atoms with E-state index in [4.69, 9.17) is 4.74 Å². The first-order chi connectivity index (χ1) is 16.8. The van der Waals surface area contributed by atoms with E-state index in [0.717, 1.165) is 42.2 Å². The van der Waals surface area contributed by atoms with Crippen LogP contribution in [0.1, 0.15) is 67.6 Å². The summed E-state index contributed by atoms with van der Waals surface area (Å²) in [5.41, 5.74) is 0.657. The molecule has 0 N–H and O–H groups in total. The first-order valence-corrected chi connectivity index (χ1v) is 12.0. The third-order valence-corrected chi connectivity index (χ3v) is 6.61. The summed E-state index contributed by atoms with van der Waals surface area (Å²) in [5, 5.41) is 0. The summed E-state index contributed by atoms with van der Waals surface area (Å²) < 4.78 is 49.1. The highest BCUT2D eigenvalue weighted by Gasteiger charge is 2.27. The minimum Gasteiger partial charge on any atom is -0.494 e. The Hall–Kier alpha value is -3.22. The van der Waals surface area contributed by atoms with Gasteiger partial charge in [0.05, 0.1) is 12.2 Å². The van der Waals surface area contributed by atoms with Crippen LogP contribution in [0, 0.1) is 29.3 Å². The summed E-state index contributed by atoms with van der Waals surface area (Å²) >= 11 is 0. The third-order valence-electron chi connectivity index (χ3n) is 6.61. The first-order valence-electron chi connectivity index (χ1n) is 12.0. The molecule has 184 valence electrons. The van der Waals surface area contributed by atoms with E-state index in [1.54, 1.807) is 19.3 Å². The Labute approximate surface area is 203 Å². The van der Waals surface area contributed by atoms with Crippen LogP contribution in [0.5, 0.6) is 5.75 Å². The zero-order valence-corrected chi connectivity index (χ0v) is 20.2. The quantitative estimate of drug-likeness (QED) is 0.343. The molecule has 1 unspecified atom stereocenters. The molecule has 2 aromatic heterocycles. The normalized spacial score (nSPS) is 20.0. The number of halogens is 3. The Bertz CT molecular complexity index is 1200. The van der Waals surface area contributed by atoms with Crippen molar-refractivity contribution < 1.29 is 22.7 Å². The van der Waals surface area contributed by atoms with Crippen molar-refractivity contribution in [3.63, 3.8) is 0 Å². The molecule has 0 bridgehead atoms. The average molecular weight is 483 g/mol. The monoisotopic (exact) mass is 482 g/mol. The highest BCUT2D eigenvalue weighted by atomic mass is 19.1. The van der Waals surface area contributed by atoms with E-state index >= 15 is 0 Å². The van der Waals surface area contributed by atoms with E-state index in [2.05, 4.69) is 23.8 Å². The fourth-order valence-corrected chi connectivity index (χ4v) is 5.25. The van der Waals surface area contributed by atoms with E-state index in [9.17, 15) is 18.0 Å². The molecule has 0 radical (unpaired) electrons. The highest BCUT2D eigenvalue weighted by Crippen LogP contribution is 2.40. The number of carbonyl (C=O) groups is 1. The number of benzene rings is 1. The minimum absolute atomic E-state index is 0.00524. The van der Waals surface area contributed by atoms with Crippen molar-refractivity contribution in [1.82, 2.24) is 9.97 Å². The molecule has 3 atom stereocenters. The molecule has 2 heterocycles. The standard InChI is InChI=1S/C28H29F3N2O2/c1-4-35-20-13-23(30)27(24(31)14-20)28-22(29)5-6-25(33-28)26(34)12-19-15-32-8-7-21(19)18-10-16(2)9-17(3)11-18/h5-8,13-18H,4,9-12H2,1-3H3/t16-,17+,18?. The second-order valence-electron chi connectivity index (χ2n) is 9.51. The van der Waals surface area contributed by atoms with Gasteiger partial charge in [0.2, 0.25) is 0 Å². The maximum absolute atomic E-state index is 14.7. The van der Waals surface area contributed by atoms with Crippen LogP contribution < -0.4 is 4.74 Å². The molecule has 3 aromatic rings. The number of nitrogens with zero attached hydrogens (tertiary/aromatic N) is 2. The van der Waals surface area contributed by atoms with E-state index in [0.29, 0.717) is 17.8 Å². The molecule has 4 nitrogen and oxygen atoms in total. The number of carbonyl (C=O) groups excluding carboxylic acids is 1. The lowest BCUT2D eigenvalue weighted by Crippen LogP contribution is -2.20. The van der Waals surface area contributed by atoms with Crippen molar-refractivity contribution >= 4 is 5.78 Å². The fraction of sp³-hybridized carbons (Fsp3) is 0.393. The third kappa shape index (κ3) is 5.55. The molecule has 0 amide bonds. The summed E-state index contributed by atoms with van der Waals surface area (Å²) in [6.45, 7) is 6.41. The van der Waals surface area contributed by atoms with Crippen LogP contribution in [0.3, 0.4) is 0 Å². The molecule has 1 aromatic carbocycles. The summed E-state index contributed by atoms with van der Waals surface area (Å²) in [6, 6.07) is 6.18. The lowest BCUT2D eigenvalue weighted by Gasteiger charge is -2.32. The van der Waals surface area contributed by atoms with Gasteiger partial charge in [-0.15, -0.1) is 0 Å². The molecule has 0 saturated heterocycles. The van der Waals surface area contributed by atoms with E-state index < -0.39 is 28.7 Å². The summed E-state index contributed by atoms with van der Waals surface area (Å²) in [5.74, 6) is -1.79. The fourth-order valence-electron chi connectivity index (χ4n) is 5.25. The second-order valence-corrected chi connectivity index (χ2v) is 9.51. The number of pyridine rings is 2. The van der Waals surface area contributed by atoms with Crippen LogP contribution in [0.4, 0.5) is 13.2 Å². The van der Waals surface area contributed by atoms with Crippen molar-refractivity contribution in [1.29, 1.82) is 0 Å². The topological polar surface area (TPSA) is 52.1 Å². The van der Waals surface area contributed by atoms with Gasteiger partial charge in [0, 0.05) is 30.9 Å². The van der Waals surface area contributed by atoms with E-state index in [-0.39, 0.29) is 30.3 Å². The largest absolute Gasteiger partial charge is 0.494 e. The molecule has 0 aliphatic heterocycles. The molecule has 1 fully saturated rings. The first kappa shape index (κ1) is 24.9. The smallest absolute Gasteiger partial charge is 0.185 e. The van der Waals surface area contributed by atoms with Gasteiger partial charge in [-0.3, -0.25) is 9.78 Å². The Morgan fingerprint density at radius 2 is 1.69 bits per heavy atom. The second kappa shape index (κ2) is 10.6. The average Bonchev–Trinajstić information content (AvgIpc) is 2.79. The zero-order valence-electron chi connectivity index (χ0n) is 20.2. The number of hydrogen-bond acceptors (Lipinski definition) is 4. The summed E-state index contributed by atoms with van der Waals surface area (Å²) in [4.78, 5) is 21.4. The van der Waals surface area contributed by atoms with Gasteiger partial charge in [-0.1, -0.05) is 13.8 Å². The molecule has 1 aliphatic carbocycles. The van der Waals surface area contributed by atoms with E-state index in [1.165, 1.54) is 12.5 Å². The van der Waals surface area contributed by atoms with Gasteiger partial charge in [-0.25, -0.2) is 18.2 Å². The van der Waals surface area contributed by atoms with Crippen LogP contribution in [-0.2, 0) is 6.42 Å². The van der Waals surface area contributed by atoms with Crippen molar-refractivity contribution in [2.24, 2.45) is 11.8 Å². The summed E-state index contributed by atoms with van der Waals surface area (Å²) in [6.07, 6.45) is 6.73. The SMILES string of the molecule is CCOc1cc(F)c(-c2nc(C(=O)Cc3cnccc3C3C[C@@H](C)C[C@@H](C)C3)ccc2F)c(F)c1. The molecule has 35 heavy (non-hydrogen) atoms. The van der Waals surface area contributed by atoms with Gasteiger partial charge in [0.1, 0.15) is 34.6 Å². The molecule has 0 spiro atoms. The van der Waals surface area contributed by atoms with Crippen molar-refractivity contribution in [3.8, 4) is 17.0 Å². The molecule has 4 rings (SSSR count). The number of ketones is 1. The van der Waals surface area contributed by atoms with Crippen molar-refractivity contribution in [2.45, 2.75) is 52.4 Å². The van der Waals surface area contributed by atoms with Crippen LogP contribution in [0.25, 0.3) is 11.3 Å². The predicted molar refractivity (Wildman–Crippen MR) is 128 cm³/mol. The predicted octanol–water partition coefficient (Wildman–Crippen LogP) is 6.92. The lowest BCUT2D eigenvalue weighted by atomic mass is 9.73. The number of hydrogen-bond donors (Lipinski definition) is 0.